The summed E-state index contributed by atoms with van der Waals surface area (Å²) in [6, 6.07) is 3.45. The van der Waals surface area contributed by atoms with Gasteiger partial charge in [0, 0.05) is 5.18 Å². The van der Waals surface area contributed by atoms with Crippen LogP contribution in [0.5, 0.6) is 0 Å². The molecule has 0 aliphatic rings. The lowest BCUT2D eigenvalue weighted by atomic mass is 10.00. The predicted octanol–water partition coefficient (Wildman–Crippen LogP) is 3.64. The average Bonchev–Trinajstić information content (AvgIpc) is 2.44. The first kappa shape index (κ1) is 18.7. The van der Waals surface area contributed by atoms with Crippen LogP contribution in [-0.4, -0.2) is 17.6 Å². The van der Waals surface area contributed by atoms with Crippen LogP contribution < -0.4 is 5.32 Å². The third kappa shape index (κ3) is 6.14. The van der Waals surface area contributed by atoms with Gasteiger partial charge >= 0.3 is 6.09 Å². The molecule has 2 amide bonds. The van der Waals surface area contributed by atoms with Gasteiger partial charge in [-0.1, -0.05) is 19.1 Å². The zero-order valence-corrected chi connectivity index (χ0v) is 13.7. The van der Waals surface area contributed by atoms with E-state index in [1.165, 1.54) is 12.1 Å². The molecule has 0 saturated carbocycles. The summed E-state index contributed by atoms with van der Waals surface area (Å²) in [5.74, 6) is -1.28. The Bertz CT molecular complexity index is 596. The number of nitroso groups, excluding NO2 is 1. The topological polar surface area (TPSA) is 84.8 Å². The maximum absolute atomic E-state index is 13.6. The van der Waals surface area contributed by atoms with Crippen LogP contribution in [0.3, 0.4) is 0 Å². The Kier molecular flexibility index (Phi) is 6.36. The van der Waals surface area contributed by atoms with Crippen LogP contribution in [-0.2, 0) is 16.0 Å². The monoisotopic (exact) mass is 324 g/mol. The number of rotatable bonds is 5. The summed E-state index contributed by atoms with van der Waals surface area (Å²) in [5, 5.41) is 4.86. The van der Waals surface area contributed by atoms with E-state index in [1.54, 1.807) is 33.8 Å². The molecule has 0 fully saturated rings. The number of amides is 2. The summed E-state index contributed by atoms with van der Waals surface area (Å²) in [7, 11) is 0. The van der Waals surface area contributed by atoms with Gasteiger partial charge in [-0.3, -0.25) is 4.79 Å². The Hall–Kier alpha value is -2.31. The molecule has 6 nitrogen and oxygen atoms in total. The van der Waals surface area contributed by atoms with Crippen LogP contribution in [0.15, 0.2) is 23.4 Å². The van der Waals surface area contributed by atoms with E-state index in [9.17, 15) is 18.9 Å². The number of hydrogen-bond donors (Lipinski definition) is 1. The van der Waals surface area contributed by atoms with Crippen LogP contribution in [0, 0.1) is 10.7 Å². The van der Waals surface area contributed by atoms with Crippen LogP contribution in [0.2, 0.25) is 0 Å². The molecule has 1 atom stereocenters. The van der Waals surface area contributed by atoms with Gasteiger partial charge in [-0.2, -0.15) is 0 Å². The van der Waals surface area contributed by atoms with Crippen molar-refractivity contribution >= 4 is 12.0 Å². The lowest BCUT2D eigenvalue weighted by molar-refractivity contribution is -0.118. The van der Waals surface area contributed by atoms with Gasteiger partial charge < -0.3 is 10.1 Å². The second-order valence-corrected chi connectivity index (χ2v) is 6.09. The number of halogens is 1. The fourth-order valence-electron chi connectivity index (χ4n) is 2.00. The van der Waals surface area contributed by atoms with Crippen LogP contribution in [0.4, 0.5) is 9.18 Å². The van der Waals surface area contributed by atoms with Gasteiger partial charge in [0.05, 0.1) is 12.5 Å². The minimum atomic E-state index is -0.909. The molecule has 7 heteroatoms. The van der Waals surface area contributed by atoms with Crippen molar-refractivity contribution in [1.82, 2.24) is 5.32 Å². The van der Waals surface area contributed by atoms with Gasteiger partial charge in [-0.05, 0) is 44.4 Å². The van der Waals surface area contributed by atoms with Gasteiger partial charge in [-0.15, -0.1) is 4.91 Å². The normalized spacial score (nSPS) is 12.4. The standard InChI is InChI=1S/C16H21FN2O4/c1-5-10-8-11(6-7-12(10)17)13(9-14(20)19-22)18-15(21)23-16(2,3)4/h6-8,13H,5,9H2,1-4H3,(H,18,21). The molecular weight excluding hydrogens is 303 g/mol. The first-order valence-corrected chi connectivity index (χ1v) is 7.30. The van der Waals surface area contributed by atoms with Crippen molar-refractivity contribution in [3.05, 3.63) is 40.1 Å². The van der Waals surface area contributed by atoms with E-state index < -0.39 is 23.6 Å². The quantitative estimate of drug-likeness (QED) is 0.838. The van der Waals surface area contributed by atoms with E-state index in [4.69, 9.17) is 4.74 Å². The van der Waals surface area contributed by atoms with E-state index in [-0.39, 0.29) is 12.2 Å². The number of alkyl carbamates (subject to hydrolysis) is 1. The highest BCUT2D eigenvalue weighted by Gasteiger charge is 2.23. The van der Waals surface area contributed by atoms with Crippen molar-refractivity contribution in [1.29, 1.82) is 0 Å². The van der Waals surface area contributed by atoms with Crippen molar-refractivity contribution < 1.29 is 18.7 Å². The van der Waals surface area contributed by atoms with Crippen molar-refractivity contribution in [2.75, 3.05) is 0 Å². The van der Waals surface area contributed by atoms with Crippen LogP contribution in [0.1, 0.15) is 51.3 Å². The van der Waals surface area contributed by atoms with Gasteiger partial charge in [-0.25, -0.2) is 9.18 Å². The molecule has 1 rings (SSSR count). The molecule has 1 aromatic carbocycles. The molecule has 0 saturated heterocycles. The number of benzene rings is 1. The number of nitrogens with zero attached hydrogens (tertiary/aromatic N) is 1. The Morgan fingerprint density at radius 1 is 1.35 bits per heavy atom. The second-order valence-electron chi connectivity index (χ2n) is 6.09. The smallest absolute Gasteiger partial charge is 0.408 e. The predicted molar refractivity (Wildman–Crippen MR) is 83.3 cm³/mol. The highest BCUT2D eigenvalue weighted by Crippen LogP contribution is 2.22. The third-order valence-electron chi connectivity index (χ3n) is 3.02. The fourth-order valence-corrected chi connectivity index (χ4v) is 2.00. The molecule has 126 valence electrons. The zero-order valence-electron chi connectivity index (χ0n) is 13.7. The lowest BCUT2D eigenvalue weighted by Gasteiger charge is -2.23. The van der Waals surface area contributed by atoms with E-state index in [1.807, 2.05) is 0 Å². The summed E-state index contributed by atoms with van der Waals surface area (Å²) in [5.41, 5.74) is 0.245. The Morgan fingerprint density at radius 3 is 2.52 bits per heavy atom. The molecule has 23 heavy (non-hydrogen) atoms. The molecule has 0 aliphatic carbocycles. The van der Waals surface area contributed by atoms with Gasteiger partial charge in [0.1, 0.15) is 11.4 Å². The number of carbonyl (C=O) groups is 2. The molecule has 0 aliphatic heterocycles. The minimum Gasteiger partial charge on any atom is -0.444 e. The first-order chi connectivity index (χ1) is 10.7. The summed E-state index contributed by atoms with van der Waals surface area (Å²) in [6.07, 6.45) is -0.598. The minimum absolute atomic E-state index is 0.322. The van der Waals surface area contributed by atoms with E-state index in [0.29, 0.717) is 17.5 Å². The van der Waals surface area contributed by atoms with Crippen molar-refractivity contribution in [3.8, 4) is 0 Å². The SMILES string of the molecule is CCc1cc(C(CC(=O)N=O)NC(=O)OC(C)(C)C)ccc1F. The average molecular weight is 324 g/mol. The summed E-state index contributed by atoms with van der Waals surface area (Å²) >= 11 is 0. The molecule has 0 bridgehead atoms. The number of hydrogen-bond acceptors (Lipinski definition) is 4. The van der Waals surface area contributed by atoms with Crippen LogP contribution >= 0.6 is 0 Å². The van der Waals surface area contributed by atoms with Crippen molar-refractivity contribution in [2.45, 2.75) is 52.2 Å². The Balaban J connectivity index is 3.03. The zero-order chi connectivity index (χ0) is 17.6. The van der Waals surface area contributed by atoms with E-state index in [2.05, 4.69) is 10.5 Å². The third-order valence-corrected chi connectivity index (χ3v) is 3.02. The molecule has 0 heterocycles. The lowest BCUT2D eigenvalue weighted by Crippen LogP contribution is -2.35. The highest BCUT2D eigenvalue weighted by atomic mass is 19.1. The number of nitrogens with one attached hydrogen (secondary N) is 1. The summed E-state index contributed by atoms with van der Waals surface area (Å²) in [6.45, 7) is 6.89. The molecule has 0 radical (unpaired) electrons. The molecule has 0 spiro atoms. The van der Waals surface area contributed by atoms with Gasteiger partial charge in [0.2, 0.25) is 0 Å². The number of aryl methyl sites for hydroxylation is 1. The molecular formula is C16H21FN2O4. The van der Waals surface area contributed by atoms with E-state index >= 15 is 0 Å². The maximum Gasteiger partial charge on any atom is 0.408 e. The van der Waals surface area contributed by atoms with Gasteiger partial charge in [0.15, 0.2) is 0 Å². The maximum atomic E-state index is 13.6. The largest absolute Gasteiger partial charge is 0.444 e. The molecule has 1 N–H and O–H groups in total. The summed E-state index contributed by atoms with van der Waals surface area (Å²) in [4.78, 5) is 33.6. The molecule has 0 aromatic heterocycles. The number of carbonyl (C=O) groups excluding carboxylic acids is 2. The first-order valence-electron chi connectivity index (χ1n) is 7.30. The second kappa shape index (κ2) is 7.80. The highest BCUT2D eigenvalue weighted by molar-refractivity contribution is 5.78. The molecule has 1 unspecified atom stereocenters. The summed E-state index contributed by atoms with van der Waals surface area (Å²) < 4.78 is 18.7. The van der Waals surface area contributed by atoms with Gasteiger partial charge in [0.25, 0.3) is 5.91 Å². The van der Waals surface area contributed by atoms with E-state index in [0.717, 1.165) is 0 Å². The van der Waals surface area contributed by atoms with Crippen molar-refractivity contribution in [3.63, 3.8) is 0 Å². The fraction of sp³-hybridized carbons (Fsp3) is 0.500. The van der Waals surface area contributed by atoms with Crippen LogP contribution in [0.25, 0.3) is 0 Å². The number of ether oxygens (including phenoxy) is 1. The Labute approximate surface area is 134 Å². The Morgan fingerprint density at radius 2 is 2.00 bits per heavy atom. The van der Waals surface area contributed by atoms with Crippen molar-refractivity contribution in [2.24, 2.45) is 5.18 Å². The molecule has 1 aromatic rings.